The molecule has 2 aromatic rings. The monoisotopic (exact) mass is 401 g/mol. The SMILES string of the molecule is COc1ccccc1CNC(=O)[C@H](C)OC(=O)c1cc(OC)c2c(c1)OCCO2. The number of benzene rings is 2. The number of esters is 1. The molecule has 0 fully saturated rings. The number of amides is 1. The molecule has 1 amide bonds. The summed E-state index contributed by atoms with van der Waals surface area (Å²) < 4.78 is 26.8. The van der Waals surface area contributed by atoms with Gasteiger partial charge in [0.2, 0.25) is 5.75 Å². The van der Waals surface area contributed by atoms with Gasteiger partial charge in [0.1, 0.15) is 19.0 Å². The fraction of sp³-hybridized carbons (Fsp3) is 0.333. The minimum absolute atomic E-state index is 0.204. The minimum atomic E-state index is -0.989. The van der Waals surface area contributed by atoms with Crippen molar-refractivity contribution in [2.75, 3.05) is 27.4 Å². The zero-order valence-electron chi connectivity index (χ0n) is 16.5. The van der Waals surface area contributed by atoms with Crippen LogP contribution in [-0.2, 0) is 16.1 Å². The molecule has 1 aliphatic heterocycles. The second kappa shape index (κ2) is 9.18. The Bertz CT molecular complexity index is 879. The van der Waals surface area contributed by atoms with Gasteiger partial charge in [-0.3, -0.25) is 4.79 Å². The van der Waals surface area contributed by atoms with E-state index in [1.165, 1.54) is 26.2 Å². The highest BCUT2D eigenvalue weighted by molar-refractivity contribution is 5.93. The van der Waals surface area contributed by atoms with Crippen LogP contribution in [0.2, 0.25) is 0 Å². The molecule has 0 bridgehead atoms. The summed E-state index contributed by atoms with van der Waals surface area (Å²) in [7, 11) is 3.03. The number of rotatable bonds is 7. The normalized spacial score (nSPS) is 13.2. The van der Waals surface area contributed by atoms with E-state index in [1.54, 1.807) is 13.2 Å². The van der Waals surface area contributed by atoms with Crippen molar-refractivity contribution >= 4 is 11.9 Å². The van der Waals surface area contributed by atoms with Crippen molar-refractivity contribution in [2.45, 2.75) is 19.6 Å². The van der Waals surface area contributed by atoms with Gasteiger partial charge in [0, 0.05) is 12.1 Å². The minimum Gasteiger partial charge on any atom is -0.496 e. The molecule has 0 saturated carbocycles. The van der Waals surface area contributed by atoms with Crippen LogP contribution in [-0.4, -0.2) is 45.4 Å². The van der Waals surface area contributed by atoms with E-state index in [-0.39, 0.29) is 12.1 Å². The lowest BCUT2D eigenvalue weighted by Gasteiger charge is -2.21. The number of fused-ring (bicyclic) bond motifs is 1. The smallest absolute Gasteiger partial charge is 0.339 e. The second-order valence-corrected chi connectivity index (χ2v) is 6.28. The Morgan fingerprint density at radius 2 is 1.79 bits per heavy atom. The summed E-state index contributed by atoms with van der Waals surface area (Å²) in [6, 6.07) is 10.4. The maximum Gasteiger partial charge on any atom is 0.339 e. The van der Waals surface area contributed by atoms with Crippen LogP contribution in [0.3, 0.4) is 0 Å². The summed E-state index contributed by atoms with van der Waals surface area (Å²) >= 11 is 0. The predicted molar refractivity (Wildman–Crippen MR) is 104 cm³/mol. The van der Waals surface area contributed by atoms with E-state index in [1.807, 2.05) is 18.2 Å². The number of hydrogen-bond donors (Lipinski definition) is 1. The molecule has 3 rings (SSSR count). The number of carbonyl (C=O) groups is 2. The molecular weight excluding hydrogens is 378 g/mol. The average molecular weight is 401 g/mol. The van der Waals surface area contributed by atoms with Crippen molar-refractivity contribution in [2.24, 2.45) is 0 Å². The Kier molecular flexibility index (Phi) is 6.43. The van der Waals surface area contributed by atoms with Gasteiger partial charge in [-0.1, -0.05) is 18.2 Å². The topological polar surface area (TPSA) is 92.3 Å². The van der Waals surface area contributed by atoms with Gasteiger partial charge in [-0.2, -0.15) is 0 Å². The second-order valence-electron chi connectivity index (χ2n) is 6.28. The average Bonchev–Trinajstić information content (AvgIpc) is 2.76. The van der Waals surface area contributed by atoms with Crippen molar-refractivity contribution in [1.29, 1.82) is 0 Å². The first-order valence-electron chi connectivity index (χ1n) is 9.11. The summed E-state index contributed by atoms with van der Waals surface area (Å²) in [6.07, 6.45) is -0.989. The van der Waals surface area contributed by atoms with Gasteiger partial charge >= 0.3 is 5.97 Å². The van der Waals surface area contributed by atoms with Crippen molar-refractivity contribution in [3.63, 3.8) is 0 Å². The number of para-hydroxylation sites is 1. The molecule has 1 N–H and O–H groups in total. The lowest BCUT2D eigenvalue weighted by molar-refractivity contribution is -0.129. The zero-order valence-corrected chi connectivity index (χ0v) is 16.5. The molecule has 0 saturated heterocycles. The Labute approximate surface area is 168 Å². The largest absolute Gasteiger partial charge is 0.496 e. The number of ether oxygens (including phenoxy) is 5. The molecule has 0 unspecified atom stereocenters. The lowest BCUT2D eigenvalue weighted by Crippen LogP contribution is -2.35. The van der Waals surface area contributed by atoms with Gasteiger partial charge in [-0.15, -0.1) is 0 Å². The number of nitrogens with one attached hydrogen (secondary N) is 1. The molecule has 1 heterocycles. The van der Waals surface area contributed by atoms with E-state index >= 15 is 0 Å². The van der Waals surface area contributed by atoms with Crippen LogP contribution >= 0.6 is 0 Å². The van der Waals surface area contributed by atoms with E-state index in [0.717, 1.165) is 5.56 Å². The highest BCUT2D eigenvalue weighted by atomic mass is 16.6. The van der Waals surface area contributed by atoms with Crippen LogP contribution in [0, 0.1) is 0 Å². The molecule has 0 spiro atoms. The van der Waals surface area contributed by atoms with Gasteiger partial charge in [0.05, 0.1) is 19.8 Å². The molecule has 2 aromatic carbocycles. The lowest BCUT2D eigenvalue weighted by atomic mass is 10.1. The van der Waals surface area contributed by atoms with E-state index < -0.39 is 18.0 Å². The Balaban J connectivity index is 1.63. The van der Waals surface area contributed by atoms with Crippen LogP contribution in [0.25, 0.3) is 0 Å². The zero-order chi connectivity index (χ0) is 20.8. The molecule has 8 heteroatoms. The fourth-order valence-electron chi connectivity index (χ4n) is 2.85. The van der Waals surface area contributed by atoms with Crippen LogP contribution in [0.4, 0.5) is 0 Å². The third-order valence-electron chi connectivity index (χ3n) is 4.36. The van der Waals surface area contributed by atoms with Crippen LogP contribution in [0.15, 0.2) is 36.4 Å². The number of hydrogen-bond acceptors (Lipinski definition) is 7. The van der Waals surface area contributed by atoms with E-state index in [9.17, 15) is 9.59 Å². The molecule has 0 aliphatic carbocycles. The summed E-state index contributed by atoms with van der Waals surface area (Å²) in [4.78, 5) is 24.9. The Morgan fingerprint density at radius 1 is 1.07 bits per heavy atom. The van der Waals surface area contributed by atoms with Gasteiger partial charge in [0.15, 0.2) is 17.6 Å². The summed E-state index contributed by atoms with van der Waals surface area (Å²) in [5.74, 6) is 0.783. The highest BCUT2D eigenvalue weighted by Crippen LogP contribution is 2.40. The first-order valence-corrected chi connectivity index (χ1v) is 9.11. The van der Waals surface area contributed by atoms with E-state index in [4.69, 9.17) is 23.7 Å². The van der Waals surface area contributed by atoms with Crippen molar-refractivity contribution in [3.05, 3.63) is 47.5 Å². The van der Waals surface area contributed by atoms with Crippen molar-refractivity contribution in [1.82, 2.24) is 5.32 Å². The van der Waals surface area contributed by atoms with Gasteiger partial charge in [0.25, 0.3) is 5.91 Å². The van der Waals surface area contributed by atoms with Gasteiger partial charge in [-0.25, -0.2) is 4.79 Å². The molecule has 1 atom stereocenters. The summed E-state index contributed by atoms with van der Waals surface area (Å²) in [6.45, 7) is 2.53. The van der Waals surface area contributed by atoms with Crippen LogP contribution in [0.5, 0.6) is 23.0 Å². The third-order valence-corrected chi connectivity index (χ3v) is 4.36. The first kappa shape index (κ1) is 20.3. The number of methoxy groups -OCH3 is 2. The fourth-order valence-corrected chi connectivity index (χ4v) is 2.85. The summed E-state index contributed by atoms with van der Waals surface area (Å²) in [5, 5.41) is 2.74. The molecule has 154 valence electrons. The molecular formula is C21H23NO7. The number of carbonyl (C=O) groups excluding carboxylic acids is 2. The molecule has 29 heavy (non-hydrogen) atoms. The molecule has 0 aromatic heterocycles. The predicted octanol–water partition coefficient (Wildman–Crippen LogP) is 2.34. The van der Waals surface area contributed by atoms with E-state index in [2.05, 4.69) is 5.32 Å². The van der Waals surface area contributed by atoms with Gasteiger partial charge < -0.3 is 29.0 Å². The standard InChI is InChI=1S/C21H23NO7/c1-13(20(23)22-12-14-6-4-5-7-16(14)25-2)29-21(24)15-10-17(26-3)19-18(11-15)27-8-9-28-19/h4-7,10-11,13H,8-9,12H2,1-3H3,(H,22,23)/t13-/m0/s1. The third kappa shape index (κ3) is 4.71. The van der Waals surface area contributed by atoms with Crippen molar-refractivity contribution in [3.8, 4) is 23.0 Å². The summed E-state index contributed by atoms with van der Waals surface area (Å²) in [5.41, 5.74) is 1.02. The molecule has 0 radical (unpaired) electrons. The Hall–Kier alpha value is -3.42. The van der Waals surface area contributed by atoms with Crippen LogP contribution < -0.4 is 24.3 Å². The van der Waals surface area contributed by atoms with E-state index in [0.29, 0.717) is 36.2 Å². The van der Waals surface area contributed by atoms with Crippen molar-refractivity contribution < 1.29 is 33.3 Å². The highest BCUT2D eigenvalue weighted by Gasteiger charge is 2.24. The first-order chi connectivity index (χ1) is 14.0. The maximum atomic E-state index is 12.5. The quantitative estimate of drug-likeness (QED) is 0.712. The Morgan fingerprint density at radius 3 is 2.55 bits per heavy atom. The van der Waals surface area contributed by atoms with Gasteiger partial charge in [-0.05, 0) is 25.1 Å². The van der Waals surface area contributed by atoms with Crippen LogP contribution in [0.1, 0.15) is 22.8 Å². The maximum absolute atomic E-state index is 12.5. The molecule has 1 aliphatic rings. The molecule has 8 nitrogen and oxygen atoms in total.